The van der Waals surface area contributed by atoms with Gasteiger partial charge in [-0.3, -0.25) is 9.78 Å². The summed E-state index contributed by atoms with van der Waals surface area (Å²) in [5, 5.41) is 10.9. The Hall–Kier alpha value is -3.01. The maximum atomic E-state index is 12.7. The number of nitrogens with zero attached hydrogens (tertiary/aromatic N) is 1. The van der Waals surface area contributed by atoms with Gasteiger partial charge in [-0.2, -0.15) is 0 Å². The van der Waals surface area contributed by atoms with Crippen LogP contribution in [0.3, 0.4) is 0 Å². The molecule has 0 saturated carbocycles. The van der Waals surface area contributed by atoms with E-state index in [1.807, 2.05) is 62.4 Å². The van der Waals surface area contributed by atoms with Crippen LogP contribution in [0.15, 0.2) is 78.2 Å². The number of aromatic nitrogens is 1. The van der Waals surface area contributed by atoms with Crippen molar-refractivity contribution in [3.05, 3.63) is 83.7 Å². The van der Waals surface area contributed by atoms with Crippen molar-refractivity contribution in [3.8, 4) is 0 Å². The van der Waals surface area contributed by atoms with Crippen molar-refractivity contribution in [2.24, 2.45) is 0 Å². The lowest BCUT2D eigenvalue weighted by atomic mass is 9.94. The summed E-state index contributed by atoms with van der Waals surface area (Å²) in [6.07, 6.45) is 7.39. The van der Waals surface area contributed by atoms with E-state index in [1.54, 1.807) is 19.3 Å². The predicted octanol–water partition coefficient (Wildman–Crippen LogP) is 4.74. The van der Waals surface area contributed by atoms with Crippen LogP contribution in [0.2, 0.25) is 0 Å². The predicted molar refractivity (Wildman–Crippen MR) is 103 cm³/mol. The second-order valence-corrected chi connectivity index (χ2v) is 6.08. The van der Waals surface area contributed by atoms with E-state index in [1.165, 1.54) is 0 Å². The molecule has 2 aromatic rings. The van der Waals surface area contributed by atoms with Crippen LogP contribution in [0.4, 0.5) is 5.69 Å². The fourth-order valence-corrected chi connectivity index (χ4v) is 2.44. The van der Waals surface area contributed by atoms with Crippen molar-refractivity contribution >= 4 is 17.3 Å². The number of amides is 1. The molecule has 0 radical (unpaired) electrons. The zero-order valence-corrected chi connectivity index (χ0v) is 14.8. The highest BCUT2D eigenvalue weighted by atomic mass is 16.1. The third-order valence-corrected chi connectivity index (χ3v) is 3.61. The van der Waals surface area contributed by atoms with Crippen LogP contribution in [0, 0.1) is 5.41 Å². The minimum Gasteiger partial charge on any atom is -0.322 e. The van der Waals surface area contributed by atoms with Crippen LogP contribution in [-0.2, 0) is 4.79 Å². The van der Waals surface area contributed by atoms with Gasteiger partial charge in [0.25, 0.3) is 5.91 Å². The largest absolute Gasteiger partial charge is 0.322 e. The Balaban J connectivity index is 2.36. The number of hydrogen-bond donors (Lipinski definition) is 2. The SMILES string of the molecule is CC(=N)/C(=C\C(C=C(C)C)c1cccnc1)C(=O)Nc1ccccc1. The number of carbonyl (C=O) groups is 1. The topological polar surface area (TPSA) is 65.8 Å². The first kappa shape index (κ1) is 18.3. The van der Waals surface area contributed by atoms with E-state index in [0.717, 1.165) is 11.1 Å². The molecule has 1 aromatic carbocycles. The maximum Gasteiger partial charge on any atom is 0.257 e. The zero-order chi connectivity index (χ0) is 18.2. The number of para-hydroxylation sites is 1. The van der Waals surface area contributed by atoms with Crippen LogP contribution < -0.4 is 5.32 Å². The Morgan fingerprint density at radius 2 is 1.80 bits per heavy atom. The monoisotopic (exact) mass is 333 g/mol. The van der Waals surface area contributed by atoms with Gasteiger partial charge in [-0.1, -0.05) is 42.0 Å². The van der Waals surface area contributed by atoms with E-state index in [0.29, 0.717) is 11.3 Å². The van der Waals surface area contributed by atoms with Crippen LogP contribution in [0.1, 0.15) is 32.3 Å². The van der Waals surface area contributed by atoms with Crippen LogP contribution in [0.25, 0.3) is 0 Å². The fourth-order valence-electron chi connectivity index (χ4n) is 2.44. The number of allylic oxidation sites excluding steroid dienone is 3. The van der Waals surface area contributed by atoms with Gasteiger partial charge < -0.3 is 10.7 Å². The van der Waals surface area contributed by atoms with Gasteiger partial charge in [0.05, 0.1) is 5.57 Å². The van der Waals surface area contributed by atoms with Gasteiger partial charge in [0.1, 0.15) is 0 Å². The number of hydrogen-bond acceptors (Lipinski definition) is 3. The van der Waals surface area contributed by atoms with Gasteiger partial charge in [0.15, 0.2) is 0 Å². The van der Waals surface area contributed by atoms with Gasteiger partial charge >= 0.3 is 0 Å². The summed E-state index contributed by atoms with van der Waals surface area (Å²) in [6.45, 7) is 5.65. The van der Waals surface area contributed by atoms with Crippen molar-refractivity contribution in [1.82, 2.24) is 4.98 Å². The van der Waals surface area contributed by atoms with Gasteiger partial charge in [-0.15, -0.1) is 0 Å². The van der Waals surface area contributed by atoms with Gasteiger partial charge in [-0.05, 0) is 44.5 Å². The number of carbonyl (C=O) groups excluding carboxylic acids is 1. The lowest BCUT2D eigenvalue weighted by molar-refractivity contribution is -0.112. The third-order valence-electron chi connectivity index (χ3n) is 3.61. The average Bonchev–Trinajstić information content (AvgIpc) is 2.59. The molecule has 4 nitrogen and oxygen atoms in total. The molecule has 1 atom stereocenters. The molecule has 0 bridgehead atoms. The molecule has 1 amide bonds. The molecule has 0 aliphatic carbocycles. The molecule has 0 saturated heterocycles. The molecule has 0 spiro atoms. The highest BCUT2D eigenvalue weighted by Crippen LogP contribution is 2.22. The summed E-state index contributed by atoms with van der Waals surface area (Å²) >= 11 is 0. The molecule has 2 N–H and O–H groups in total. The normalized spacial score (nSPS) is 12.2. The highest BCUT2D eigenvalue weighted by molar-refractivity contribution is 6.23. The second-order valence-electron chi connectivity index (χ2n) is 6.08. The zero-order valence-electron chi connectivity index (χ0n) is 14.8. The molecule has 0 aliphatic heterocycles. The molecule has 25 heavy (non-hydrogen) atoms. The molecular formula is C21H23N3O. The molecule has 0 aliphatic rings. The highest BCUT2D eigenvalue weighted by Gasteiger charge is 2.16. The minimum atomic E-state index is -0.283. The molecule has 4 heteroatoms. The number of benzene rings is 1. The van der Waals surface area contributed by atoms with Crippen molar-refractivity contribution in [2.45, 2.75) is 26.7 Å². The molecule has 1 heterocycles. The Morgan fingerprint density at radius 1 is 1.08 bits per heavy atom. The average molecular weight is 333 g/mol. The lowest BCUT2D eigenvalue weighted by Crippen LogP contribution is -2.19. The first-order valence-electron chi connectivity index (χ1n) is 8.16. The minimum absolute atomic E-state index is 0.115. The van der Waals surface area contributed by atoms with Crippen molar-refractivity contribution in [1.29, 1.82) is 5.41 Å². The first-order valence-corrected chi connectivity index (χ1v) is 8.16. The van der Waals surface area contributed by atoms with E-state index in [-0.39, 0.29) is 17.5 Å². The summed E-state index contributed by atoms with van der Waals surface area (Å²) in [5.41, 5.74) is 3.41. The lowest BCUT2D eigenvalue weighted by Gasteiger charge is -2.13. The quantitative estimate of drug-likeness (QED) is 0.456. The number of anilines is 1. The number of pyridine rings is 1. The molecule has 128 valence electrons. The van der Waals surface area contributed by atoms with Gasteiger partial charge in [0.2, 0.25) is 0 Å². The third kappa shape index (κ3) is 5.53. The summed E-state index contributed by atoms with van der Waals surface area (Å²) in [7, 11) is 0. The first-order chi connectivity index (χ1) is 12.0. The van der Waals surface area contributed by atoms with E-state index in [4.69, 9.17) is 5.41 Å². The molecule has 1 aromatic heterocycles. The number of rotatable bonds is 6. The summed E-state index contributed by atoms with van der Waals surface area (Å²) < 4.78 is 0. The van der Waals surface area contributed by atoms with Crippen LogP contribution >= 0.6 is 0 Å². The molecular weight excluding hydrogens is 310 g/mol. The molecule has 0 fully saturated rings. The van der Waals surface area contributed by atoms with Gasteiger partial charge in [0, 0.05) is 29.7 Å². The second kappa shape index (κ2) is 8.73. The smallest absolute Gasteiger partial charge is 0.257 e. The van der Waals surface area contributed by atoms with Crippen molar-refractivity contribution < 1.29 is 4.79 Å². The standard InChI is InChI=1S/C21H23N3O/c1-15(2)12-18(17-8-7-11-23-14-17)13-20(16(3)22)21(25)24-19-9-5-4-6-10-19/h4-14,18,22H,1-3H3,(H,24,25)/b20-13+,22-16?. The van der Waals surface area contributed by atoms with E-state index in [2.05, 4.69) is 16.4 Å². The Labute approximate surface area is 148 Å². The summed E-state index contributed by atoms with van der Waals surface area (Å²) in [4.78, 5) is 16.8. The molecule has 1 unspecified atom stereocenters. The van der Waals surface area contributed by atoms with Crippen LogP contribution in [0.5, 0.6) is 0 Å². The Bertz CT molecular complexity index is 788. The Morgan fingerprint density at radius 3 is 2.36 bits per heavy atom. The summed E-state index contributed by atoms with van der Waals surface area (Å²) in [6, 6.07) is 13.1. The van der Waals surface area contributed by atoms with Crippen molar-refractivity contribution in [3.63, 3.8) is 0 Å². The maximum absolute atomic E-state index is 12.7. The van der Waals surface area contributed by atoms with E-state index >= 15 is 0 Å². The van der Waals surface area contributed by atoms with Gasteiger partial charge in [-0.25, -0.2) is 0 Å². The van der Waals surface area contributed by atoms with E-state index in [9.17, 15) is 4.79 Å². The number of nitrogens with one attached hydrogen (secondary N) is 2. The Kier molecular flexibility index (Phi) is 6.40. The van der Waals surface area contributed by atoms with E-state index < -0.39 is 0 Å². The van der Waals surface area contributed by atoms with Crippen LogP contribution in [-0.4, -0.2) is 16.6 Å². The van der Waals surface area contributed by atoms with Crippen molar-refractivity contribution in [2.75, 3.05) is 5.32 Å². The summed E-state index contributed by atoms with van der Waals surface area (Å²) in [5.74, 6) is -0.398. The fraction of sp³-hybridized carbons (Fsp3) is 0.190. The molecule has 2 rings (SSSR count).